The molecule has 2 rings (SSSR count). The number of amides is 1. The van der Waals surface area contributed by atoms with Crippen LogP contribution in [0.2, 0.25) is 0 Å². The zero-order valence-corrected chi connectivity index (χ0v) is 30.4. The molecule has 0 saturated carbocycles. The molecule has 258 valence electrons. The summed E-state index contributed by atoms with van der Waals surface area (Å²) in [6, 6.07) is 0.687. The van der Waals surface area contributed by atoms with Crippen molar-refractivity contribution in [3.8, 4) is 5.75 Å². The zero-order valence-electron chi connectivity index (χ0n) is 30.4. The second-order valence-electron chi connectivity index (χ2n) is 11.8. The van der Waals surface area contributed by atoms with Crippen molar-refractivity contribution in [1.29, 1.82) is 0 Å². The van der Waals surface area contributed by atoms with E-state index in [9.17, 15) is 14.7 Å². The monoisotopic (exact) mass is 634 g/mol. The van der Waals surface area contributed by atoms with Crippen LogP contribution < -0.4 is 16.2 Å². The number of aromatic nitrogens is 2. The van der Waals surface area contributed by atoms with Crippen LogP contribution in [0.4, 0.5) is 0 Å². The van der Waals surface area contributed by atoms with E-state index in [2.05, 4.69) is 75.2 Å². The van der Waals surface area contributed by atoms with Gasteiger partial charge in [-0.2, -0.15) is 0 Å². The van der Waals surface area contributed by atoms with E-state index in [1.165, 1.54) is 22.3 Å². The van der Waals surface area contributed by atoms with Crippen LogP contribution in [0.15, 0.2) is 39.7 Å². The van der Waals surface area contributed by atoms with Crippen molar-refractivity contribution in [2.24, 2.45) is 5.92 Å². The molecule has 1 aliphatic rings. The Labute approximate surface area is 272 Å². The molecular weight excluding hydrogens is 572 g/mol. The van der Waals surface area contributed by atoms with Gasteiger partial charge >= 0.3 is 0 Å². The first kappa shape index (κ1) is 46.0. The van der Waals surface area contributed by atoms with Gasteiger partial charge in [0.05, 0.1) is 0 Å². The molecule has 1 amide bonds. The molecule has 1 aliphatic carbocycles. The fourth-order valence-electron chi connectivity index (χ4n) is 3.37. The van der Waals surface area contributed by atoms with E-state index in [0.29, 0.717) is 25.0 Å². The first-order valence-corrected chi connectivity index (χ1v) is 15.4. The third-order valence-electron chi connectivity index (χ3n) is 5.93. The van der Waals surface area contributed by atoms with Crippen LogP contribution in [0, 0.1) is 12.8 Å². The number of carbonyl (C=O) groups excluding carboxylic acids is 3. The van der Waals surface area contributed by atoms with Gasteiger partial charge in [0.2, 0.25) is 5.75 Å². The minimum Gasteiger partial charge on any atom is -0.501 e. The molecule has 1 aromatic rings. The van der Waals surface area contributed by atoms with Crippen LogP contribution >= 0.6 is 0 Å². The standard InChI is InChI=1S/C19H25N3O3.C8H19N.C3H9N.C2H7N.C2H2O2/c1-5-10-22-14(4)21-16(17(23)19(22)25)18(24)20-11-15-8-6-12(2)13(3)7-9-15;1-7(2)6-9(5)8(3)4;1-4(2)3;1-3-2;3-1-2-4/h6,8-9,23H,5,7,10-11H2,1-4H3,(H,20,24);7-8H,6H2,1-5H3;1-3H3;3H,1-2H3;1-2H. The molecule has 11 heteroatoms. The fraction of sp³-hybridized carbons (Fsp3) is 0.618. The van der Waals surface area contributed by atoms with E-state index >= 15 is 0 Å². The fourth-order valence-corrected chi connectivity index (χ4v) is 3.37. The molecule has 0 unspecified atom stereocenters. The topological polar surface area (TPSA) is 137 Å². The maximum absolute atomic E-state index is 12.4. The number of aryl methyl sites for hydroxylation is 1. The van der Waals surface area contributed by atoms with E-state index in [1.807, 2.05) is 59.2 Å². The second-order valence-corrected chi connectivity index (χ2v) is 11.8. The summed E-state index contributed by atoms with van der Waals surface area (Å²) in [4.78, 5) is 50.6. The summed E-state index contributed by atoms with van der Waals surface area (Å²) < 4.78 is 1.37. The van der Waals surface area contributed by atoms with Gasteiger partial charge in [-0.25, -0.2) is 4.98 Å². The Bertz CT molecular complexity index is 1140. The largest absolute Gasteiger partial charge is 0.501 e. The molecule has 0 atom stereocenters. The number of nitrogens with one attached hydrogen (secondary N) is 2. The number of hydrogen-bond acceptors (Lipinski definition) is 9. The summed E-state index contributed by atoms with van der Waals surface area (Å²) >= 11 is 0. The van der Waals surface area contributed by atoms with E-state index in [0.717, 1.165) is 24.3 Å². The van der Waals surface area contributed by atoms with Crippen molar-refractivity contribution >= 4 is 18.5 Å². The Morgan fingerprint density at radius 3 is 1.96 bits per heavy atom. The van der Waals surface area contributed by atoms with Crippen LogP contribution in [0.3, 0.4) is 0 Å². The predicted octanol–water partition coefficient (Wildman–Crippen LogP) is 4.00. The lowest BCUT2D eigenvalue weighted by Gasteiger charge is -2.22. The van der Waals surface area contributed by atoms with Crippen molar-refractivity contribution in [3.05, 3.63) is 56.8 Å². The molecule has 0 saturated heterocycles. The van der Waals surface area contributed by atoms with Gasteiger partial charge in [-0.05, 0) is 101 Å². The van der Waals surface area contributed by atoms with Crippen LogP contribution in [-0.2, 0) is 16.1 Å². The van der Waals surface area contributed by atoms with Gasteiger partial charge in [-0.3, -0.25) is 23.7 Å². The Balaban J connectivity index is -0.000000721. The SMILES string of the molecule is CC(C)CN(C)C(C)C.CCCn1c(C)nc(C(=O)NCC2=CCC(C)=C(C)C=C2)c(O)c1=O.CN(C)C.CNC.O=CC=O. The van der Waals surface area contributed by atoms with Crippen molar-refractivity contribution in [2.45, 2.75) is 80.8 Å². The van der Waals surface area contributed by atoms with Crippen LogP contribution in [0.5, 0.6) is 5.75 Å². The van der Waals surface area contributed by atoms with E-state index in [-0.39, 0.29) is 18.3 Å². The third kappa shape index (κ3) is 22.7. The smallest absolute Gasteiger partial charge is 0.296 e. The summed E-state index contributed by atoms with van der Waals surface area (Å²) in [5.41, 5.74) is 2.67. The number of hydrogen-bond donors (Lipinski definition) is 3. The highest BCUT2D eigenvalue weighted by molar-refractivity contribution is 6.09. The van der Waals surface area contributed by atoms with Gasteiger partial charge < -0.3 is 25.5 Å². The average Bonchev–Trinajstić information content (AvgIpc) is 3.12. The van der Waals surface area contributed by atoms with Gasteiger partial charge in [0, 0.05) is 25.7 Å². The molecule has 0 aliphatic heterocycles. The molecule has 1 aromatic heterocycles. The summed E-state index contributed by atoms with van der Waals surface area (Å²) in [5.74, 6) is 0.0489. The molecule has 0 aromatic carbocycles. The number of allylic oxidation sites excluding steroid dienone is 4. The number of aromatic hydroxyl groups is 1. The maximum Gasteiger partial charge on any atom is 0.296 e. The molecule has 11 nitrogen and oxygen atoms in total. The molecule has 0 fully saturated rings. The maximum atomic E-state index is 12.4. The van der Waals surface area contributed by atoms with Gasteiger partial charge in [0.1, 0.15) is 5.82 Å². The molecular formula is C34H62N6O5. The number of aldehydes is 2. The van der Waals surface area contributed by atoms with Crippen molar-refractivity contribution < 1.29 is 19.5 Å². The quantitative estimate of drug-likeness (QED) is 0.272. The average molecular weight is 635 g/mol. The normalized spacial score (nSPS) is 12.0. The van der Waals surface area contributed by atoms with Gasteiger partial charge in [0.25, 0.3) is 11.5 Å². The summed E-state index contributed by atoms with van der Waals surface area (Å²) in [6.07, 6.45) is 8.00. The Hall–Kier alpha value is -3.41. The van der Waals surface area contributed by atoms with E-state index in [4.69, 9.17) is 9.59 Å². The predicted molar refractivity (Wildman–Crippen MR) is 187 cm³/mol. The van der Waals surface area contributed by atoms with Crippen LogP contribution in [-0.4, -0.2) is 104 Å². The lowest BCUT2D eigenvalue weighted by Crippen LogP contribution is -2.31. The summed E-state index contributed by atoms with van der Waals surface area (Å²) in [5, 5.41) is 15.5. The van der Waals surface area contributed by atoms with Crippen LogP contribution in [0.1, 0.15) is 77.6 Å². The van der Waals surface area contributed by atoms with Gasteiger partial charge in [-0.15, -0.1) is 0 Å². The molecule has 45 heavy (non-hydrogen) atoms. The van der Waals surface area contributed by atoms with Crippen molar-refractivity contribution in [2.75, 3.05) is 55.4 Å². The molecule has 3 N–H and O–H groups in total. The summed E-state index contributed by atoms with van der Waals surface area (Å²) in [6.45, 7) is 18.6. The summed E-state index contributed by atoms with van der Waals surface area (Å²) in [7, 11) is 11.9. The number of rotatable bonds is 9. The number of nitrogens with zero attached hydrogens (tertiary/aromatic N) is 4. The molecule has 0 bridgehead atoms. The second kappa shape index (κ2) is 26.9. The minimum atomic E-state index is -0.602. The van der Waals surface area contributed by atoms with Crippen molar-refractivity contribution in [1.82, 2.24) is 30.0 Å². The minimum absolute atomic E-state index is 0.194. The Kier molecular flexibility index (Phi) is 27.6. The molecule has 0 spiro atoms. The van der Waals surface area contributed by atoms with E-state index in [1.54, 1.807) is 6.92 Å². The Morgan fingerprint density at radius 1 is 1.04 bits per heavy atom. The van der Waals surface area contributed by atoms with Crippen LogP contribution in [0.25, 0.3) is 0 Å². The zero-order chi connectivity index (χ0) is 35.7. The highest BCUT2D eigenvalue weighted by Crippen LogP contribution is 2.17. The first-order valence-electron chi connectivity index (χ1n) is 15.4. The molecule has 0 radical (unpaired) electrons. The van der Waals surface area contributed by atoms with E-state index < -0.39 is 17.2 Å². The van der Waals surface area contributed by atoms with Crippen molar-refractivity contribution in [3.63, 3.8) is 0 Å². The van der Waals surface area contributed by atoms with Gasteiger partial charge in [-0.1, -0.05) is 50.1 Å². The third-order valence-corrected chi connectivity index (χ3v) is 5.93. The highest BCUT2D eigenvalue weighted by atomic mass is 16.3. The lowest BCUT2D eigenvalue weighted by molar-refractivity contribution is -0.122. The van der Waals surface area contributed by atoms with Gasteiger partial charge in [0.15, 0.2) is 18.3 Å². The highest BCUT2D eigenvalue weighted by Gasteiger charge is 2.19. The molecule has 1 heterocycles. The Morgan fingerprint density at radius 2 is 1.56 bits per heavy atom. The lowest BCUT2D eigenvalue weighted by atomic mass is 10.1. The first-order chi connectivity index (χ1) is 20.9. The number of carbonyl (C=O) groups is 3.